The zero-order valence-corrected chi connectivity index (χ0v) is 15.8. The number of aryl methyl sites for hydroxylation is 1. The molecule has 0 bridgehead atoms. The van der Waals surface area contributed by atoms with Crippen LogP contribution in [0.3, 0.4) is 0 Å². The Kier molecular flexibility index (Phi) is 6.43. The van der Waals surface area contributed by atoms with Crippen molar-refractivity contribution < 1.29 is 27.1 Å². The van der Waals surface area contributed by atoms with Gasteiger partial charge in [-0.25, -0.2) is 4.98 Å². The van der Waals surface area contributed by atoms with E-state index in [4.69, 9.17) is 20.8 Å². The van der Waals surface area contributed by atoms with Gasteiger partial charge in [0.1, 0.15) is 5.75 Å². The van der Waals surface area contributed by atoms with Crippen molar-refractivity contribution in [3.63, 3.8) is 0 Å². The molecular formula is C20H16ClF3N2O3. The Bertz CT molecular complexity index is 975. The van der Waals surface area contributed by atoms with Gasteiger partial charge in [-0.3, -0.25) is 4.79 Å². The van der Waals surface area contributed by atoms with E-state index in [1.807, 2.05) is 30.3 Å². The second-order valence-electron chi connectivity index (χ2n) is 6.08. The SMILES string of the molecule is O=C(CCc1ncc(-c2ccccc2)o1)Nc1cc(Cl)ccc1OCC(F)(F)F. The van der Waals surface area contributed by atoms with Crippen LogP contribution in [0.4, 0.5) is 18.9 Å². The van der Waals surface area contributed by atoms with Gasteiger partial charge in [-0.05, 0) is 18.2 Å². The van der Waals surface area contributed by atoms with Crippen molar-refractivity contribution >= 4 is 23.2 Å². The van der Waals surface area contributed by atoms with E-state index in [0.29, 0.717) is 11.7 Å². The molecule has 2 aromatic carbocycles. The Hall–Kier alpha value is -3.00. The summed E-state index contributed by atoms with van der Waals surface area (Å²) in [5, 5.41) is 2.76. The lowest BCUT2D eigenvalue weighted by atomic mass is 10.2. The quantitative estimate of drug-likeness (QED) is 0.543. The summed E-state index contributed by atoms with van der Waals surface area (Å²) in [6.45, 7) is -1.48. The lowest BCUT2D eigenvalue weighted by Gasteiger charge is -2.14. The van der Waals surface area contributed by atoms with Crippen LogP contribution in [0.25, 0.3) is 11.3 Å². The van der Waals surface area contributed by atoms with E-state index in [9.17, 15) is 18.0 Å². The summed E-state index contributed by atoms with van der Waals surface area (Å²) in [6.07, 6.45) is -2.69. The molecule has 9 heteroatoms. The highest BCUT2D eigenvalue weighted by atomic mass is 35.5. The van der Waals surface area contributed by atoms with Crippen molar-refractivity contribution in [1.29, 1.82) is 0 Å². The smallest absolute Gasteiger partial charge is 0.422 e. The lowest BCUT2D eigenvalue weighted by Crippen LogP contribution is -2.20. The Morgan fingerprint density at radius 1 is 1.17 bits per heavy atom. The molecule has 1 amide bonds. The number of aromatic nitrogens is 1. The van der Waals surface area contributed by atoms with Crippen LogP contribution in [0.5, 0.6) is 5.75 Å². The van der Waals surface area contributed by atoms with Crippen LogP contribution in [0.1, 0.15) is 12.3 Å². The molecule has 0 unspecified atom stereocenters. The van der Waals surface area contributed by atoms with E-state index in [1.165, 1.54) is 18.2 Å². The molecule has 5 nitrogen and oxygen atoms in total. The highest BCUT2D eigenvalue weighted by molar-refractivity contribution is 6.31. The summed E-state index contributed by atoms with van der Waals surface area (Å²) in [4.78, 5) is 16.4. The largest absolute Gasteiger partial charge is 0.482 e. The van der Waals surface area contributed by atoms with E-state index < -0.39 is 18.7 Å². The number of oxazole rings is 1. The number of nitrogens with zero attached hydrogens (tertiary/aromatic N) is 1. The number of carbonyl (C=O) groups excluding carboxylic acids is 1. The van der Waals surface area contributed by atoms with Crippen LogP contribution in [0.15, 0.2) is 59.1 Å². The van der Waals surface area contributed by atoms with Gasteiger partial charge in [0, 0.05) is 23.4 Å². The average Bonchev–Trinajstić information content (AvgIpc) is 3.15. The maximum atomic E-state index is 12.4. The van der Waals surface area contributed by atoms with Crippen LogP contribution in [-0.4, -0.2) is 23.7 Å². The Morgan fingerprint density at radius 2 is 1.93 bits per heavy atom. The van der Waals surface area contributed by atoms with Gasteiger partial charge < -0.3 is 14.5 Å². The van der Waals surface area contributed by atoms with Crippen molar-refractivity contribution in [3.8, 4) is 17.1 Å². The maximum Gasteiger partial charge on any atom is 0.422 e. The topological polar surface area (TPSA) is 64.4 Å². The predicted octanol–water partition coefficient (Wildman–Crippen LogP) is 5.51. The van der Waals surface area contributed by atoms with Crippen molar-refractivity contribution in [2.24, 2.45) is 0 Å². The molecule has 0 aliphatic rings. The highest BCUT2D eigenvalue weighted by Gasteiger charge is 2.29. The van der Waals surface area contributed by atoms with E-state index in [1.54, 1.807) is 6.20 Å². The summed E-state index contributed by atoms with van der Waals surface area (Å²) in [7, 11) is 0. The zero-order valence-electron chi connectivity index (χ0n) is 15.0. The molecular weight excluding hydrogens is 409 g/mol. The normalized spacial score (nSPS) is 11.3. The first-order valence-electron chi connectivity index (χ1n) is 8.59. The first-order chi connectivity index (χ1) is 13.8. The molecule has 0 saturated heterocycles. The molecule has 0 saturated carbocycles. The van der Waals surface area contributed by atoms with Crippen molar-refractivity contribution in [2.45, 2.75) is 19.0 Å². The monoisotopic (exact) mass is 424 g/mol. The fourth-order valence-corrected chi connectivity index (χ4v) is 2.65. The second kappa shape index (κ2) is 9.00. The Balaban J connectivity index is 1.60. The first kappa shape index (κ1) is 20.7. The van der Waals surface area contributed by atoms with Gasteiger partial charge in [0.15, 0.2) is 18.3 Å². The lowest BCUT2D eigenvalue weighted by molar-refractivity contribution is -0.153. The van der Waals surface area contributed by atoms with Gasteiger partial charge in [0.25, 0.3) is 0 Å². The molecule has 1 heterocycles. The highest BCUT2D eigenvalue weighted by Crippen LogP contribution is 2.30. The van der Waals surface area contributed by atoms with Gasteiger partial charge in [0.05, 0.1) is 11.9 Å². The summed E-state index contributed by atoms with van der Waals surface area (Å²) in [5.41, 5.74) is 0.921. The number of alkyl halides is 3. The Morgan fingerprint density at radius 3 is 2.66 bits per heavy atom. The third kappa shape index (κ3) is 6.25. The summed E-state index contributed by atoms with van der Waals surface area (Å²) in [5.74, 6) is 0.392. The number of carbonyl (C=O) groups is 1. The van der Waals surface area contributed by atoms with Gasteiger partial charge >= 0.3 is 6.18 Å². The summed E-state index contributed by atoms with van der Waals surface area (Å²) < 4.78 is 47.5. The minimum absolute atomic E-state index is 0.0139. The van der Waals surface area contributed by atoms with Crippen LogP contribution < -0.4 is 10.1 Å². The number of amides is 1. The van der Waals surface area contributed by atoms with E-state index in [2.05, 4.69) is 10.3 Å². The predicted molar refractivity (Wildman–Crippen MR) is 102 cm³/mol. The van der Waals surface area contributed by atoms with E-state index in [-0.39, 0.29) is 29.3 Å². The number of hydrogen-bond acceptors (Lipinski definition) is 4. The first-order valence-corrected chi connectivity index (χ1v) is 8.97. The number of anilines is 1. The van der Waals surface area contributed by atoms with Crippen LogP contribution >= 0.6 is 11.6 Å². The minimum atomic E-state index is -4.50. The molecule has 0 radical (unpaired) electrons. The van der Waals surface area contributed by atoms with Gasteiger partial charge in [-0.1, -0.05) is 41.9 Å². The van der Waals surface area contributed by atoms with Gasteiger partial charge in [-0.15, -0.1) is 0 Å². The number of halogens is 4. The number of nitrogens with one attached hydrogen (secondary N) is 1. The van der Waals surface area contributed by atoms with Crippen LogP contribution in [0, 0.1) is 0 Å². The molecule has 29 heavy (non-hydrogen) atoms. The van der Waals surface area contributed by atoms with Gasteiger partial charge in [-0.2, -0.15) is 13.2 Å². The molecule has 0 aliphatic heterocycles. The molecule has 1 aromatic heterocycles. The zero-order chi connectivity index (χ0) is 20.9. The fourth-order valence-electron chi connectivity index (χ4n) is 2.48. The van der Waals surface area contributed by atoms with Crippen LogP contribution in [-0.2, 0) is 11.2 Å². The van der Waals surface area contributed by atoms with Crippen molar-refractivity contribution in [1.82, 2.24) is 4.98 Å². The average molecular weight is 425 g/mol. The molecule has 0 spiro atoms. The van der Waals surface area contributed by atoms with Crippen molar-refractivity contribution in [3.05, 3.63) is 65.6 Å². The number of hydrogen-bond donors (Lipinski definition) is 1. The fraction of sp³-hybridized carbons (Fsp3) is 0.200. The van der Waals surface area contributed by atoms with E-state index >= 15 is 0 Å². The molecule has 3 rings (SSSR count). The second-order valence-corrected chi connectivity index (χ2v) is 6.51. The summed E-state index contributed by atoms with van der Waals surface area (Å²) >= 11 is 5.87. The molecule has 3 aromatic rings. The molecule has 152 valence electrons. The van der Waals surface area contributed by atoms with Gasteiger partial charge in [0.2, 0.25) is 5.91 Å². The third-order valence-corrected chi connectivity index (χ3v) is 4.02. The third-order valence-electron chi connectivity index (χ3n) is 3.78. The number of ether oxygens (including phenoxy) is 1. The number of rotatable bonds is 7. The molecule has 0 atom stereocenters. The maximum absolute atomic E-state index is 12.4. The minimum Gasteiger partial charge on any atom is -0.482 e. The van der Waals surface area contributed by atoms with Crippen LogP contribution in [0.2, 0.25) is 5.02 Å². The summed E-state index contributed by atoms with van der Waals surface area (Å²) in [6, 6.07) is 13.3. The number of benzene rings is 2. The molecule has 0 fully saturated rings. The Labute approximate surface area is 169 Å². The molecule has 1 N–H and O–H groups in total. The molecule has 0 aliphatic carbocycles. The van der Waals surface area contributed by atoms with E-state index in [0.717, 1.165) is 5.56 Å². The van der Waals surface area contributed by atoms with Crippen molar-refractivity contribution in [2.75, 3.05) is 11.9 Å². The standard InChI is InChI=1S/C20H16ClF3N2O3/c21-14-6-7-16(28-12-20(22,23)24)15(10-14)26-18(27)8-9-19-25-11-17(29-19)13-4-2-1-3-5-13/h1-7,10-11H,8-9,12H2,(H,26,27).